The molecular weight excluding hydrogens is 1240 g/mol. The normalized spacial score (nSPS) is 11.9. The first kappa shape index (κ1) is 88.0. The van der Waals surface area contributed by atoms with Crippen molar-refractivity contribution in [3.63, 3.8) is 0 Å². The lowest BCUT2D eigenvalue weighted by atomic mass is 10.0. The highest BCUT2D eigenvalue weighted by atomic mass is 79.9. The maximum Gasteiger partial charge on any atom is 0.0784 e. The van der Waals surface area contributed by atoms with Crippen LogP contribution in [0.2, 0.25) is 0 Å². The lowest BCUT2D eigenvalue weighted by molar-refractivity contribution is 0.126. The van der Waals surface area contributed by atoms with Gasteiger partial charge in [-0.05, 0) is 64.2 Å². The highest BCUT2D eigenvalue weighted by Gasteiger charge is 2.05. The van der Waals surface area contributed by atoms with E-state index in [4.69, 9.17) is 54.8 Å². The molecule has 0 saturated carbocycles. The lowest BCUT2D eigenvalue weighted by Gasteiger charge is -2.10. The molecule has 4 unspecified atom stereocenters. The van der Waals surface area contributed by atoms with Crippen molar-refractivity contribution in [1.82, 2.24) is 0 Å². The number of halogens is 6. The summed E-state index contributed by atoms with van der Waals surface area (Å²) < 4.78 is 0. The summed E-state index contributed by atoms with van der Waals surface area (Å²) in [7, 11) is 0. The molecule has 0 fully saturated rings. The Morgan fingerprint density at radius 2 is 0.545 bits per heavy atom. The predicted octanol–water partition coefficient (Wildman–Crippen LogP) is 7.81. The van der Waals surface area contributed by atoms with Gasteiger partial charge in [-0.1, -0.05) is 201 Å². The number of aliphatic hydroxyl groups excluding tert-OH is 8. The molecule has 0 amide bonds. The standard InChI is InChI=1S/C10H22O2.C10H22O.C9H20O.C3H6Br2O.C3H6Br2.3C3H10N2O.C2H4Br2/c1-3-6-10(12)8-5-7-9(11)4-2;1-3-5-6-7-9-10(11)8-4-2;1-3-5-6-8-9(10)7-4-2;4-1-3(6)2-5;4-2-1-3-5;3*4-1-3(6)2-5;3-1-2-4/h9-12H,3-8H2,1-2H3;10-11H,3-9H2,1-2H3;9-10H,3-8H2,1-2H3;3,6H,1-2H2;1-3H2;3*3,6H,1-2,4-5H2;1-2H2. The molecule has 20 heteroatoms. The molecule has 0 saturated heterocycles. The summed E-state index contributed by atoms with van der Waals surface area (Å²) in [6, 6.07) is 0. The third-order valence-electron chi connectivity index (χ3n) is 8.27. The number of alkyl halides is 6. The average Bonchev–Trinajstić information content (AvgIpc) is 3.33. The van der Waals surface area contributed by atoms with Crippen molar-refractivity contribution >= 4 is 95.6 Å². The van der Waals surface area contributed by atoms with Crippen molar-refractivity contribution in [3.8, 4) is 0 Å². The molecule has 0 bridgehead atoms. The maximum absolute atomic E-state index is 9.35. The van der Waals surface area contributed by atoms with Crippen molar-refractivity contribution in [2.45, 2.75) is 219 Å². The molecule has 0 aromatic carbocycles. The average molecular weight is 1350 g/mol. The summed E-state index contributed by atoms with van der Waals surface area (Å²) in [5.41, 5.74) is 29.7. The molecule has 0 aromatic heterocycles. The van der Waals surface area contributed by atoms with Crippen LogP contribution in [0.15, 0.2) is 0 Å². The SMILES string of the molecule is BrCCBr.BrCCCBr.CCCC(O)CCCC(O)CC.CCCCCC(O)CCC.CCCCCCC(O)CCC.NCC(O)CN.NCC(O)CN.NCC(O)CN.OC(CBr)CBr. The number of hydrogen-bond donors (Lipinski definition) is 14. The van der Waals surface area contributed by atoms with Crippen LogP contribution in [0.4, 0.5) is 0 Å². The van der Waals surface area contributed by atoms with Crippen LogP contribution in [0.25, 0.3) is 0 Å². The summed E-state index contributed by atoms with van der Waals surface area (Å²) in [5.74, 6) is 0. The second-order valence-corrected chi connectivity index (χ2v) is 19.6. The van der Waals surface area contributed by atoms with Crippen LogP contribution in [0.5, 0.6) is 0 Å². The van der Waals surface area contributed by atoms with Gasteiger partial charge in [0.25, 0.3) is 0 Å². The molecule has 66 heavy (non-hydrogen) atoms. The highest BCUT2D eigenvalue weighted by Crippen LogP contribution is 2.10. The van der Waals surface area contributed by atoms with Gasteiger partial charge in [-0.2, -0.15) is 0 Å². The molecule has 4 atom stereocenters. The summed E-state index contributed by atoms with van der Waals surface area (Å²) in [5, 5.41) is 76.6. The van der Waals surface area contributed by atoms with Crippen molar-refractivity contribution in [3.05, 3.63) is 0 Å². The van der Waals surface area contributed by atoms with E-state index in [0.29, 0.717) is 10.7 Å². The van der Waals surface area contributed by atoms with Gasteiger partial charge in [-0.15, -0.1) is 0 Å². The van der Waals surface area contributed by atoms with Gasteiger partial charge < -0.3 is 75.3 Å². The fraction of sp³-hybridized carbons (Fsp3) is 1.00. The summed E-state index contributed by atoms with van der Waals surface area (Å²) in [4.78, 5) is 0. The van der Waals surface area contributed by atoms with E-state index in [0.717, 1.165) is 98.4 Å². The molecule has 0 rings (SSSR count). The van der Waals surface area contributed by atoms with Crippen LogP contribution in [0.1, 0.15) is 170 Å². The Kier molecular flexibility index (Phi) is 116. The smallest absolute Gasteiger partial charge is 0.0784 e. The Hall–Kier alpha value is 2.32. The highest BCUT2D eigenvalue weighted by molar-refractivity contribution is 9.12. The summed E-state index contributed by atoms with van der Waals surface area (Å²) >= 11 is 19.2. The molecule has 14 nitrogen and oxygen atoms in total. The number of hydrogen-bond acceptors (Lipinski definition) is 14. The van der Waals surface area contributed by atoms with Gasteiger partial charge in [0.05, 0.1) is 48.8 Å². The maximum atomic E-state index is 9.35. The number of rotatable bonds is 31. The molecule has 0 aliphatic heterocycles. The van der Waals surface area contributed by atoms with E-state index in [9.17, 15) is 20.4 Å². The fourth-order valence-corrected chi connectivity index (χ4v) is 6.43. The predicted molar refractivity (Wildman–Crippen MR) is 312 cm³/mol. The first-order chi connectivity index (χ1) is 31.4. The Morgan fingerprint density at radius 1 is 0.273 bits per heavy atom. The Morgan fingerprint density at radius 3 is 0.727 bits per heavy atom. The second-order valence-electron chi connectivity index (χ2n) is 15.1. The molecule has 414 valence electrons. The summed E-state index contributed by atoms with van der Waals surface area (Å²) in [6.45, 7) is 14.2. The zero-order valence-electron chi connectivity index (χ0n) is 42.6. The third-order valence-corrected chi connectivity index (χ3v) is 12.7. The van der Waals surface area contributed by atoms with E-state index >= 15 is 0 Å². The Bertz CT molecular complexity index is 680. The zero-order chi connectivity index (χ0) is 53.2. The molecule has 0 heterocycles. The second kappa shape index (κ2) is 87.1. The van der Waals surface area contributed by atoms with E-state index < -0.39 is 18.3 Å². The van der Waals surface area contributed by atoms with E-state index in [1.807, 2.05) is 6.92 Å². The molecule has 20 N–H and O–H groups in total. The quantitative estimate of drug-likeness (QED) is 0.0233. The van der Waals surface area contributed by atoms with Crippen molar-refractivity contribution in [2.24, 2.45) is 34.4 Å². The van der Waals surface area contributed by atoms with Crippen LogP contribution < -0.4 is 34.4 Å². The number of unbranched alkanes of at least 4 members (excludes halogenated alkanes) is 5. The molecule has 0 aliphatic rings. The lowest BCUT2D eigenvalue weighted by Crippen LogP contribution is -2.27. The minimum atomic E-state index is -0.509. The Labute approximate surface area is 457 Å². The molecule has 0 aliphatic carbocycles. The van der Waals surface area contributed by atoms with Gasteiger partial charge in [0.1, 0.15) is 0 Å². The Balaban J connectivity index is -0.0000000809. The van der Waals surface area contributed by atoms with E-state index in [1.54, 1.807) is 0 Å². The minimum Gasteiger partial charge on any atom is -0.393 e. The largest absolute Gasteiger partial charge is 0.393 e. The van der Waals surface area contributed by atoms with Crippen LogP contribution in [0, 0.1) is 0 Å². The van der Waals surface area contributed by atoms with Gasteiger partial charge in [0.15, 0.2) is 0 Å². The molecule has 0 spiro atoms. The van der Waals surface area contributed by atoms with E-state index in [1.165, 1.54) is 51.4 Å². The van der Waals surface area contributed by atoms with Crippen LogP contribution in [0.3, 0.4) is 0 Å². The number of aliphatic hydroxyl groups is 8. The third kappa shape index (κ3) is 116. The fourth-order valence-electron chi connectivity index (χ4n) is 4.04. The molecule has 0 radical (unpaired) electrons. The van der Waals surface area contributed by atoms with E-state index in [2.05, 4.69) is 130 Å². The van der Waals surface area contributed by atoms with Gasteiger partial charge in [0.2, 0.25) is 0 Å². The number of nitrogens with two attached hydrogens (primary N) is 6. The van der Waals surface area contributed by atoms with Gasteiger partial charge in [0, 0.05) is 71.2 Å². The first-order valence-electron chi connectivity index (χ1n) is 24.4. The van der Waals surface area contributed by atoms with Crippen LogP contribution >= 0.6 is 95.6 Å². The molecule has 0 aromatic rings. The van der Waals surface area contributed by atoms with Crippen molar-refractivity contribution < 1.29 is 40.9 Å². The van der Waals surface area contributed by atoms with Gasteiger partial charge in [-0.3, -0.25) is 0 Å². The van der Waals surface area contributed by atoms with Gasteiger partial charge in [-0.25, -0.2) is 0 Å². The van der Waals surface area contributed by atoms with Gasteiger partial charge >= 0.3 is 0 Å². The minimum absolute atomic E-state index is 0.0307. The first-order valence-corrected chi connectivity index (χ1v) is 31.1. The topological polar surface area (TPSA) is 318 Å². The summed E-state index contributed by atoms with van der Waals surface area (Å²) in [6.07, 6.45) is 19.4. The zero-order valence-corrected chi connectivity index (χ0v) is 52.1. The van der Waals surface area contributed by atoms with Crippen LogP contribution in [-0.2, 0) is 0 Å². The van der Waals surface area contributed by atoms with Crippen molar-refractivity contribution in [1.29, 1.82) is 0 Å². The van der Waals surface area contributed by atoms with E-state index in [-0.39, 0.29) is 69.8 Å². The monoisotopic (exact) mass is 1350 g/mol. The van der Waals surface area contributed by atoms with Crippen LogP contribution in [-0.4, -0.2) is 161 Å². The van der Waals surface area contributed by atoms with Crippen molar-refractivity contribution in [2.75, 3.05) is 71.2 Å². The molecular formula is C46H110Br6N6O8.